The summed E-state index contributed by atoms with van der Waals surface area (Å²) in [6, 6.07) is 9.91. The fourth-order valence-electron chi connectivity index (χ4n) is 2.63. The van der Waals surface area contributed by atoms with Gasteiger partial charge in [0.15, 0.2) is 0 Å². The molecule has 0 bridgehead atoms. The summed E-state index contributed by atoms with van der Waals surface area (Å²) in [7, 11) is -3.65. The molecule has 0 spiro atoms. The minimum atomic E-state index is -3.65. The summed E-state index contributed by atoms with van der Waals surface area (Å²) >= 11 is 0. The molecule has 0 saturated heterocycles. The van der Waals surface area contributed by atoms with Gasteiger partial charge in [-0.3, -0.25) is 4.28 Å². The first kappa shape index (κ1) is 13.1. The van der Waals surface area contributed by atoms with E-state index in [1.807, 2.05) is 24.3 Å². The van der Waals surface area contributed by atoms with Gasteiger partial charge >= 0.3 is 10.1 Å². The summed E-state index contributed by atoms with van der Waals surface area (Å²) in [6.45, 7) is 5.85. The van der Waals surface area contributed by atoms with Crippen molar-refractivity contribution in [2.24, 2.45) is 5.16 Å². The van der Waals surface area contributed by atoms with Crippen LogP contribution in [0, 0.1) is 6.92 Å². The van der Waals surface area contributed by atoms with Crippen molar-refractivity contribution in [1.82, 2.24) is 0 Å². The van der Waals surface area contributed by atoms with Gasteiger partial charge in [0, 0.05) is 12.5 Å². The normalized spacial score (nSPS) is 14.8. The zero-order valence-corrected chi connectivity index (χ0v) is 11.8. The number of aryl methyl sites for hydroxylation is 2. The van der Waals surface area contributed by atoms with E-state index in [4.69, 9.17) is 6.92 Å². The lowest BCUT2D eigenvalue weighted by Gasteiger charge is -2.08. The smallest absolute Gasteiger partial charge is 0.268 e. The quantitative estimate of drug-likeness (QED) is 0.643. The van der Waals surface area contributed by atoms with E-state index in [1.54, 1.807) is 0 Å². The van der Waals surface area contributed by atoms with Gasteiger partial charge in [0.25, 0.3) is 0 Å². The first-order chi connectivity index (χ1) is 9.46. The Morgan fingerprint density at radius 2 is 1.90 bits per heavy atom. The van der Waals surface area contributed by atoms with Gasteiger partial charge in [0.05, 0.1) is 12.0 Å². The van der Waals surface area contributed by atoms with E-state index < -0.39 is 10.1 Å². The summed E-state index contributed by atoms with van der Waals surface area (Å²) in [5, 5.41) is 5.68. The number of benzene rings is 2. The number of nitrogens with zero attached hydrogens (tertiary/aromatic N) is 1. The van der Waals surface area contributed by atoms with Crippen LogP contribution in [0.3, 0.4) is 0 Å². The topological polar surface area (TPSA) is 55.7 Å². The Morgan fingerprint density at radius 3 is 2.60 bits per heavy atom. The Bertz CT molecular complexity index is 812. The maximum absolute atomic E-state index is 11.0. The molecule has 1 aliphatic rings. The lowest BCUT2D eigenvalue weighted by atomic mass is 9.98. The molecule has 4 nitrogen and oxygen atoms in total. The fraction of sp³-hybridized carbons (Fsp3) is 0.200. The van der Waals surface area contributed by atoms with Gasteiger partial charge in [-0.2, -0.15) is 8.42 Å². The van der Waals surface area contributed by atoms with E-state index in [0.717, 1.165) is 24.5 Å². The van der Waals surface area contributed by atoms with Crippen LogP contribution in [0.4, 0.5) is 0 Å². The van der Waals surface area contributed by atoms with E-state index in [0.29, 0.717) is 5.56 Å². The van der Waals surface area contributed by atoms with Crippen molar-refractivity contribution in [3.8, 4) is 0 Å². The molecule has 0 aliphatic heterocycles. The van der Waals surface area contributed by atoms with E-state index in [-0.39, 0.29) is 5.71 Å². The maximum atomic E-state index is 11.0. The molecular weight excluding hydrogens is 274 g/mol. The highest BCUT2D eigenvalue weighted by Crippen LogP contribution is 2.32. The highest BCUT2D eigenvalue weighted by atomic mass is 32.2. The Balaban J connectivity index is 2.14. The number of hydrogen-bond acceptors (Lipinski definition) is 4. The molecule has 5 heteroatoms. The van der Waals surface area contributed by atoms with Gasteiger partial charge in [-0.15, -0.1) is 0 Å². The van der Waals surface area contributed by atoms with Crippen molar-refractivity contribution in [3.63, 3.8) is 0 Å². The summed E-state index contributed by atoms with van der Waals surface area (Å²) < 4.78 is 26.3. The zero-order valence-electron chi connectivity index (χ0n) is 11.0. The SMILES string of the molecule is [CH]C(=NOS(C)(=O)=O)c1ccc2c3c(cccc13)CC2. The van der Waals surface area contributed by atoms with Gasteiger partial charge in [-0.1, -0.05) is 35.5 Å². The monoisotopic (exact) mass is 287 g/mol. The largest absolute Gasteiger partial charge is 0.325 e. The predicted molar refractivity (Wildman–Crippen MR) is 78.1 cm³/mol. The lowest BCUT2D eigenvalue weighted by Crippen LogP contribution is -2.03. The minimum absolute atomic E-state index is 0.0611. The minimum Gasteiger partial charge on any atom is -0.268 e. The average Bonchev–Trinajstić information content (AvgIpc) is 2.81. The number of rotatable bonds is 3. The molecule has 102 valence electrons. The van der Waals surface area contributed by atoms with E-state index in [1.165, 1.54) is 16.5 Å². The van der Waals surface area contributed by atoms with Gasteiger partial charge in [0.2, 0.25) is 0 Å². The zero-order chi connectivity index (χ0) is 14.3. The van der Waals surface area contributed by atoms with Crippen LogP contribution in [-0.4, -0.2) is 20.4 Å². The number of oxime groups is 1. The molecular formula is C15H13NO3S. The van der Waals surface area contributed by atoms with Crippen molar-refractivity contribution in [2.45, 2.75) is 12.8 Å². The molecule has 0 amide bonds. The third-order valence-corrected chi connectivity index (χ3v) is 3.77. The average molecular weight is 287 g/mol. The third kappa shape index (κ3) is 2.29. The van der Waals surface area contributed by atoms with Crippen LogP contribution < -0.4 is 0 Å². The molecule has 3 rings (SSSR count). The number of hydrogen-bond donors (Lipinski definition) is 0. The predicted octanol–water partition coefficient (Wildman–Crippen LogP) is 2.33. The van der Waals surface area contributed by atoms with Crippen molar-refractivity contribution in [2.75, 3.05) is 6.26 Å². The lowest BCUT2D eigenvalue weighted by molar-refractivity contribution is 0.343. The second kappa shape index (κ2) is 4.59. The highest BCUT2D eigenvalue weighted by Gasteiger charge is 2.17. The van der Waals surface area contributed by atoms with Crippen molar-refractivity contribution >= 4 is 26.6 Å². The van der Waals surface area contributed by atoms with Gasteiger partial charge in [-0.05, 0) is 34.7 Å². The van der Waals surface area contributed by atoms with Crippen LogP contribution in [0.5, 0.6) is 0 Å². The van der Waals surface area contributed by atoms with Crippen LogP contribution in [0.1, 0.15) is 16.7 Å². The molecule has 1 aliphatic carbocycles. The summed E-state index contributed by atoms with van der Waals surface area (Å²) in [4.78, 5) is 0. The summed E-state index contributed by atoms with van der Waals surface area (Å²) in [5.74, 6) is 0. The third-order valence-electron chi connectivity index (χ3n) is 3.42. The molecule has 2 radical (unpaired) electrons. The van der Waals surface area contributed by atoms with E-state index in [9.17, 15) is 8.42 Å². The molecule has 0 saturated carbocycles. The van der Waals surface area contributed by atoms with Crippen LogP contribution in [-0.2, 0) is 27.2 Å². The highest BCUT2D eigenvalue weighted by molar-refractivity contribution is 7.85. The van der Waals surface area contributed by atoms with Crippen molar-refractivity contribution < 1.29 is 12.7 Å². The van der Waals surface area contributed by atoms with Crippen molar-refractivity contribution in [3.05, 3.63) is 53.9 Å². The van der Waals surface area contributed by atoms with E-state index in [2.05, 4.69) is 15.5 Å². The Morgan fingerprint density at radius 1 is 1.20 bits per heavy atom. The van der Waals surface area contributed by atoms with Crippen LogP contribution in [0.2, 0.25) is 0 Å². The van der Waals surface area contributed by atoms with Crippen LogP contribution >= 0.6 is 0 Å². The van der Waals surface area contributed by atoms with Gasteiger partial charge in [-0.25, -0.2) is 0 Å². The summed E-state index contributed by atoms with van der Waals surface area (Å²) in [6.07, 6.45) is 2.97. The molecule has 0 unspecified atom stereocenters. The molecule has 0 aromatic heterocycles. The van der Waals surface area contributed by atoms with Crippen molar-refractivity contribution in [1.29, 1.82) is 0 Å². The molecule has 20 heavy (non-hydrogen) atoms. The van der Waals surface area contributed by atoms with E-state index >= 15 is 0 Å². The second-order valence-electron chi connectivity index (χ2n) is 4.87. The molecule has 2 aromatic carbocycles. The van der Waals surface area contributed by atoms with Crippen LogP contribution in [0.15, 0.2) is 35.5 Å². The maximum Gasteiger partial charge on any atom is 0.325 e. The summed E-state index contributed by atoms with van der Waals surface area (Å²) in [5.41, 5.74) is 3.33. The Hall–Kier alpha value is -1.88. The fourth-order valence-corrected chi connectivity index (χ4v) is 2.84. The first-order valence-electron chi connectivity index (χ1n) is 6.21. The molecule has 0 fully saturated rings. The molecule has 0 atom stereocenters. The molecule has 2 aromatic rings. The Labute approximate surface area is 118 Å². The molecule has 0 N–H and O–H groups in total. The van der Waals surface area contributed by atoms with Crippen LogP contribution in [0.25, 0.3) is 10.8 Å². The molecule has 0 heterocycles. The standard InChI is InChI=1S/C15H13NO3S/c1-10(16-19-20(2,17)18)13-9-8-12-7-6-11-4-3-5-14(13)15(11)12/h1,3-5,8-9H,6-7H2,2H3. The Kier molecular flexibility index (Phi) is 3.01. The van der Waals surface area contributed by atoms with Gasteiger partial charge < -0.3 is 0 Å². The first-order valence-corrected chi connectivity index (χ1v) is 8.03. The second-order valence-corrected chi connectivity index (χ2v) is 6.42. The van der Waals surface area contributed by atoms with Gasteiger partial charge in [0.1, 0.15) is 0 Å².